The maximum atomic E-state index is 12.8. The van der Waals surface area contributed by atoms with Crippen molar-refractivity contribution in [1.29, 1.82) is 0 Å². The number of carbonyl (C=O) groups excluding carboxylic acids is 2. The number of aliphatic carboxylic acids is 1. The van der Waals surface area contributed by atoms with Crippen LogP contribution in [0.1, 0.15) is 26.3 Å². The van der Waals surface area contributed by atoms with Gasteiger partial charge in [0, 0.05) is 6.42 Å². The van der Waals surface area contributed by atoms with Gasteiger partial charge in [-0.2, -0.15) is 0 Å². The number of carbonyl (C=O) groups is 3. The zero-order valence-corrected chi connectivity index (χ0v) is 13.8. The summed E-state index contributed by atoms with van der Waals surface area (Å²) in [5.74, 6) is -2.31. The van der Waals surface area contributed by atoms with Crippen molar-refractivity contribution < 1.29 is 19.5 Å². The van der Waals surface area contributed by atoms with Crippen molar-refractivity contribution >= 4 is 28.6 Å². The lowest BCUT2D eigenvalue weighted by Crippen LogP contribution is -2.46. The van der Waals surface area contributed by atoms with Crippen molar-refractivity contribution in [2.45, 2.75) is 12.5 Å². The third-order valence-electron chi connectivity index (χ3n) is 4.65. The molecule has 0 aliphatic carbocycles. The topological polar surface area (TPSA) is 74.7 Å². The molecular weight excluding hydrogens is 330 g/mol. The van der Waals surface area contributed by atoms with Crippen LogP contribution in [0, 0.1) is 0 Å². The van der Waals surface area contributed by atoms with E-state index in [1.165, 1.54) is 0 Å². The first-order valence-corrected chi connectivity index (χ1v) is 8.23. The highest BCUT2D eigenvalue weighted by atomic mass is 16.4. The molecule has 0 radical (unpaired) electrons. The van der Waals surface area contributed by atoms with Crippen LogP contribution in [0.4, 0.5) is 0 Å². The molecule has 0 spiro atoms. The van der Waals surface area contributed by atoms with E-state index in [2.05, 4.69) is 0 Å². The Bertz CT molecular complexity index is 988. The van der Waals surface area contributed by atoms with Crippen LogP contribution in [-0.4, -0.2) is 33.8 Å². The largest absolute Gasteiger partial charge is 0.480 e. The molecule has 26 heavy (non-hydrogen) atoms. The van der Waals surface area contributed by atoms with E-state index in [4.69, 9.17) is 0 Å². The van der Waals surface area contributed by atoms with E-state index >= 15 is 0 Å². The number of hydrogen-bond acceptors (Lipinski definition) is 3. The van der Waals surface area contributed by atoms with Gasteiger partial charge in [-0.05, 0) is 28.5 Å². The number of hydrogen-bond donors (Lipinski definition) is 1. The van der Waals surface area contributed by atoms with Crippen molar-refractivity contribution in [3.8, 4) is 0 Å². The van der Waals surface area contributed by atoms with E-state index in [9.17, 15) is 19.5 Å². The molecular formula is C21H15NO4. The molecule has 1 unspecified atom stereocenters. The normalized spacial score (nSPS) is 14.5. The second kappa shape index (κ2) is 6.11. The summed E-state index contributed by atoms with van der Waals surface area (Å²) in [5, 5.41) is 11.3. The zero-order valence-electron chi connectivity index (χ0n) is 13.8. The summed E-state index contributed by atoms with van der Waals surface area (Å²) >= 11 is 0. The number of carboxylic acid groups (broad SMARTS) is 1. The SMILES string of the molecule is O=C(O)C(Cc1ccccc1)N1C(=O)c2cc3ccccc3cc2C1=O. The minimum atomic E-state index is -1.24. The predicted octanol–water partition coefficient (Wildman–Crippen LogP) is 3.13. The molecule has 4 rings (SSSR count). The van der Waals surface area contributed by atoms with Gasteiger partial charge < -0.3 is 5.11 Å². The summed E-state index contributed by atoms with van der Waals surface area (Å²) in [7, 11) is 0. The first kappa shape index (κ1) is 16.0. The maximum absolute atomic E-state index is 12.8. The van der Waals surface area contributed by atoms with E-state index in [0.717, 1.165) is 21.2 Å². The Morgan fingerprint density at radius 3 is 1.85 bits per heavy atom. The van der Waals surface area contributed by atoms with Crippen LogP contribution in [0.15, 0.2) is 66.7 Å². The third kappa shape index (κ3) is 2.54. The molecule has 2 amide bonds. The molecule has 1 atom stereocenters. The van der Waals surface area contributed by atoms with E-state index in [1.807, 2.05) is 30.3 Å². The van der Waals surface area contributed by atoms with Crippen LogP contribution in [0.2, 0.25) is 0 Å². The van der Waals surface area contributed by atoms with Crippen LogP contribution in [0.5, 0.6) is 0 Å². The van der Waals surface area contributed by atoms with Crippen molar-refractivity contribution in [2.75, 3.05) is 0 Å². The first-order chi connectivity index (χ1) is 12.6. The summed E-state index contributed by atoms with van der Waals surface area (Å²) in [6.45, 7) is 0. The summed E-state index contributed by atoms with van der Waals surface area (Å²) in [6.07, 6.45) is 0.0706. The van der Waals surface area contributed by atoms with Gasteiger partial charge in [0.2, 0.25) is 0 Å². The lowest BCUT2D eigenvalue weighted by Gasteiger charge is -2.22. The smallest absolute Gasteiger partial charge is 0.327 e. The quantitative estimate of drug-likeness (QED) is 0.737. The molecule has 3 aromatic carbocycles. The van der Waals surface area contributed by atoms with Crippen LogP contribution in [0.25, 0.3) is 10.8 Å². The van der Waals surface area contributed by atoms with Gasteiger partial charge in [0.1, 0.15) is 6.04 Å². The molecule has 5 heteroatoms. The Morgan fingerprint density at radius 2 is 1.35 bits per heavy atom. The van der Waals surface area contributed by atoms with E-state index in [-0.39, 0.29) is 17.5 Å². The Kier molecular flexibility index (Phi) is 3.77. The number of nitrogens with zero attached hydrogens (tertiary/aromatic N) is 1. The molecule has 5 nitrogen and oxygen atoms in total. The highest BCUT2D eigenvalue weighted by Gasteiger charge is 2.43. The fraction of sp³-hybridized carbons (Fsp3) is 0.0952. The fourth-order valence-electron chi connectivity index (χ4n) is 3.36. The summed E-state index contributed by atoms with van der Waals surface area (Å²) in [5.41, 5.74) is 1.27. The Balaban J connectivity index is 1.76. The summed E-state index contributed by atoms with van der Waals surface area (Å²) in [6, 6.07) is 18.5. The Hall–Kier alpha value is -3.47. The van der Waals surface area contributed by atoms with Gasteiger partial charge in [0.05, 0.1) is 11.1 Å². The molecule has 0 aromatic heterocycles. The Morgan fingerprint density at radius 1 is 0.846 bits per heavy atom. The van der Waals surface area contributed by atoms with Crippen LogP contribution in [-0.2, 0) is 11.2 Å². The summed E-state index contributed by atoms with van der Waals surface area (Å²) < 4.78 is 0. The predicted molar refractivity (Wildman–Crippen MR) is 96.0 cm³/mol. The standard InChI is InChI=1S/C21H15NO4/c23-19-16-11-14-8-4-5-9-15(14)12-17(16)20(24)22(19)18(21(25)26)10-13-6-2-1-3-7-13/h1-9,11-12,18H,10H2,(H,25,26). The minimum Gasteiger partial charge on any atom is -0.480 e. The molecule has 128 valence electrons. The average Bonchev–Trinajstić information content (AvgIpc) is 2.89. The fourth-order valence-corrected chi connectivity index (χ4v) is 3.36. The van der Waals surface area contributed by atoms with Crippen molar-refractivity contribution in [2.24, 2.45) is 0 Å². The number of fused-ring (bicyclic) bond motifs is 2. The Labute approximate surface area is 149 Å². The van der Waals surface area contributed by atoms with Gasteiger partial charge in [-0.3, -0.25) is 14.5 Å². The van der Waals surface area contributed by atoms with Crippen molar-refractivity contribution in [1.82, 2.24) is 4.90 Å². The zero-order chi connectivity index (χ0) is 18.3. The van der Waals surface area contributed by atoms with Gasteiger partial charge in [0.25, 0.3) is 11.8 Å². The van der Waals surface area contributed by atoms with E-state index in [0.29, 0.717) is 0 Å². The number of carboxylic acids is 1. The molecule has 0 saturated carbocycles. The second-order valence-electron chi connectivity index (χ2n) is 6.27. The molecule has 1 aliphatic rings. The molecule has 1 N–H and O–H groups in total. The van der Waals surface area contributed by atoms with Crippen molar-refractivity contribution in [3.63, 3.8) is 0 Å². The van der Waals surface area contributed by atoms with Crippen LogP contribution in [0.3, 0.4) is 0 Å². The van der Waals surface area contributed by atoms with Gasteiger partial charge >= 0.3 is 5.97 Å². The number of imide groups is 1. The maximum Gasteiger partial charge on any atom is 0.327 e. The van der Waals surface area contributed by atoms with Gasteiger partial charge in [-0.25, -0.2) is 4.79 Å². The number of benzene rings is 3. The van der Waals surface area contributed by atoms with Gasteiger partial charge in [-0.1, -0.05) is 54.6 Å². The summed E-state index contributed by atoms with van der Waals surface area (Å²) in [4.78, 5) is 38.4. The highest BCUT2D eigenvalue weighted by Crippen LogP contribution is 2.30. The van der Waals surface area contributed by atoms with E-state index in [1.54, 1.807) is 36.4 Å². The van der Waals surface area contributed by atoms with Crippen molar-refractivity contribution in [3.05, 3.63) is 83.4 Å². The molecule has 1 heterocycles. The highest BCUT2D eigenvalue weighted by molar-refractivity contribution is 6.24. The van der Waals surface area contributed by atoms with Crippen LogP contribution < -0.4 is 0 Å². The average molecular weight is 345 g/mol. The molecule has 1 aliphatic heterocycles. The van der Waals surface area contributed by atoms with Crippen LogP contribution >= 0.6 is 0 Å². The third-order valence-corrected chi connectivity index (χ3v) is 4.65. The van der Waals surface area contributed by atoms with E-state index < -0.39 is 23.8 Å². The minimum absolute atomic E-state index is 0.0706. The molecule has 0 bridgehead atoms. The lowest BCUT2D eigenvalue weighted by molar-refractivity contribution is -0.141. The number of amides is 2. The lowest BCUT2D eigenvalue weighted by atomic mass is 10.0. The molecule has 0 fully saturated rings. The number of rotatable bonds is 4. The van der Waals surface area contributed by atoms with Gasteiger partial charge in [-0.15, -0.1) is 0 Å². The molecule has 3 aromatic rings. The second-order valence-corrected chi connectivity index (χ2v) is 6.27. The monoisotopic (exact) mass is 345 g/mol. The first-order valence-electron chi connectivity index (χ1n) is 8.23. The molecule has 0 saturated heterocycles. The van der Waals surface area contributed by atoms with Gasteiger partial charge in [0.15, 0.2) is 0 Å².